The quantitative estimate of drug-likeness (QED) is 0.687. The van der Waals surface area contributed by atoms with Gasteiger partial charge in [-0.3, -0.25) is 4.79 Å². The highest BCUT2D eigenvalue weighted by atomic mass is 35.5. The zero-order chi connectivity index (χ0) is 17.5. The summed E-state index contributed by atoms with van der Waals surface area (Å²) >= 11 is 5.92. The van der Waals surface area contributed by atoms with Crippen LogP contribution < -0.4 is 11.1 Å². The molecule has 0 saturated heterocycles. The minimum atomic E-state index is -0.723. The van der Waals surface area contributed by atoms with Crippen molar-refractivity contribution < 1.29 is 9.90 Å². The summed E-state index contributed by atoms with van der Waals surface area (Å²) in [6, 6.07) is 15.4. The van der Waals surface area contributed by atoms with Crippen LogP contribution in [0.15, 0.2) is 48.5 Å². The monoisotopic (exact) mass is 346 g/mol. The van der Waals surface area contributed by atoms with Gasteiger partial charge in [-0.2, -0.15) is 0 Å². The van der Waals surface area contributed by atoms with Crippen molar-refractivity contribution in [3.63, 3.8) is 0 Å². The summed E-state index contributed by atoms with van der Waals surface area (Å²) in [5, 5.41) is 13.9. The van der Waals surface area contributed by atoms with Crippen LogP contribution in [-0.4, -0.2) is 23.6 Å². The van der Waals surface area contributed by atoms with Crippen molar-refractivity contribution in [3.8, 4) is 0 Å². The van der Waals surface area contributed by atoms with E-state index < -0.39 is 12.0 Å². The fourth-order valence-corrected chi connectivity index (χ4v) is 2.71. The van der Waals surface area contributed by atoms with E-state index in [1.165, 1.54) is 5.56 Å². The van der Waals surface area contributed by atoms with E-state index >= 15 is 0 Å². The third-order valence-corrected chi connectivity index (χ3v) is 4.34. The molecule has 5 heteroatoms. The van der Waals surface area contributed by atoms with Gasteiger partial charge in [0.15, 0.2) is 0 Å². The molecule has 2 unspecified atom stereocenters. The Kier molecular flexibility index (Phi) is 6.79. The molecule has 2 aromatic rings. The fraction of sp³-hybridized carbons (Fsp3) is 0.316. The summed E-state index contributed by atoms with van der Waals surface area (Å²) in [6.07, 6.45) is 1.24. The second-order valence-electron chi connectivity index (χ2n) is 5.95. The molecule has 0 saturated carbocycles. The van der Waals surface area contributed by atoms with E-state index in [-0.39, 0.29) is 11.6 Å². The molecule has 2 rings (SSSR count). The van der Waals surface area contributed by atoms with E-state index in [1.54, 1.807) is 18.2 Å². The number of nitrogens with one attached hydrogen (secondary N) is 1. The zero-order valence-electron chi connectivity index (χ0n) is 13.7. The van der Waals surface area contributed by atoms with Gasteiger partial charge in [0.25, 0.3) is 0 Å². The largest absolute Gasteiger partial charge is 0.387 e. The number of aryl methyl sites for hydroxylation is 1. The molecule has 0 spiro atoms. The van der Waals surface area contributed by atoms with Crippen LogP contribution in [0.2, 0.25) is 5.02 Å². The van der Waals surface area contributed by atoms with Crippen LogP contribution >= 0.6 is 11.6 Å². The lowest BCUT2D eigenvalue weighted by Crippen LogP contribution is -2.31. The third kappa shape index (κ3) is 5.34. The Morgan fingerprint density at radius 1 is 1.25 bits per heavy atom. The molecule has 0 aliphatic heterocycles. The van der Waals surface area contributed by atoms with Crippen LogP contribution in [0, 0.1) is 0 Å². The van der Waals surface area contributed by atoms with E-state index in [1.807, 2.05) is 18.2 Å². The van der Waals surface area contributed by atoms with Crippen LogP contribution in [-0.2, 0) is 6.42 Å². The van der Waals surface area contributed by atoms with Crippen molar-refractivity contribution in [1.29, 1.82) is 0 Å². The summed E-state index contributed by atoms with van der Waals surface area (Å²) in [5.41, 5.74) is 7.43. The first-order valence-electron chi connectivity index (χ1n) is 8.02. The van der Waals surface area contributed by atoms with E-state index in [0.717, 1.165) is 12.8 Å². The molecule has 0 fully saturated rings. The molecule has 2 aromatic carbocycles. The maximum atomic E-state index is 11.3. The maximum Gasteiger partial charge on any atom is 0.250 e. The highest BCUT2D eigenvalue weighted by molar-refractivity contribution is 6.33. The minimum absolute atomic E-state index is 0.227. The Bertz CT molecular complexity index is 676. The molecular formula is C19H23ClN2O2. The van der Waals surface area contributed by atoms with Crippen molar-refractivity contribution in [2.24, 2.45) is 5.73 Å². The lowest BCUT2D eigenvalue weighted by Gasteiger charge is -2.18. The van der Waals surface area contributed by atoms with E-state index in [9.17, 15) is 9.90 Å². The van der Waals surface area contributed by atoms with Gasteiger partial charge >= 0.3 is 0 Å². The molecular weight excluding hydrogens is 324 g/mol. The Morgan fingerprint density at radius 2 is 1.96 bits per heavy atom. The number of carbonyl (C=O) groups is 1. The highest BCUT2D eigenvalue weighted by Gasteiger charge is 2.14. The first-order valence-corrected chi connectivity index (χ1v) is 8.39. The highest BCUT2D eigenvalue weighted by Crippen LogP contribution is 2.21. The van der Waals surface area contributed by atoms with Crippen molar-refractivity contribution in [2.75, 3.05) is 6.54 Å². The Hall–Kier alpha value is -1.88. The first-order chi connectivity index (χ1) is 11.5. The number of carbonyl (C=O) groups excluding carboxylic acids is 1. The van der Waals surface area contributed by atoms with E-state index in [2.05, 4.69) is 24.4 Å². The molecule has 1 amide bonds. The van der Waals surface area contributed by atoms with Crippen LogP contribution in [0.25, 0.3) is 0 Å². The average molecular weight is 347 g/mol. The number of aliphatic hydroxyl groups is 1. The molecule has 2 atom stereocenters. The van der Waals surface area contributed by atoms with Crippen LogP contribution in [0.5, 0.6) is 0 Å². The number of nitrogens with two attached hydrogens (primary N) is 1. The number of benzene rings is 2. The van der Waals surface area contributed by atoms with Gasteiger partial charge < -0.3 is 16.2 Å². The van der Waals surface area contributed by atoms with Gasteiger partial charge in [0.1, 0.15) is 0 Å². The van der Waals surface area contributed by atoms with E-state index in [4.69, 9.17) is 17.3 Å². The summed E-state index contributed by atoms with van der Waals surface area (Å²) in [5.74, 6) is -0.599. The summed E-state index contributed by atoms with van der Waals surface area (Å²) in [7, 11) is 0. The summed E-state index contributed by atoms with van der Waals surface area (Å²) < 4.78 is 0. The molecule has 0 aliphatic carbocycles. The van der Waals surface area contributed by atoms with Crippen LogP contribution in [0.1, 0.15) is 40.9 Å². The zero-order valence-corrected chi connectivity index (χ0v) is 14.5. The lowest BCUT2D eigenvalue weighted by molar-refractivity contribution is 0.1000. The van der Waals surface area contributed by atoms with Crippen molar-refractivity contribution in [3.05, 3.63) is 70.2 Å². The second kappa shape index (κ2) is 8.83. The average Bonchev–Trinajstić information content (AvgIpc) is 2.59. The molecule has 0 radical (unpaired) electrons. The molecule has 24 heavy (non-hydrogen) atoms. The number of hydrogen-bond donors (Lipinski definition) is 3. The van der Waals surface area contributed by atoms with Gasteiger partial charge in [0.2, 0.25) is 5.91 Å². The maximum absolute atomic E-state index is 11.3. The predicted molar refractivity (Wildman–Crippen MR) is 97.2 cm³/mol. The first kappa shape index (κ1) is 18.5. The van der Waals surface area contributed by atoms with Crippen LogP contribution in [0.3, 0.4) is 0 Å². The minimum Gasteiger partial charge on any atom is -0.387 e. The summed E-state index contributed by atoms with van der Waals surface area (Å²) in [6.45, 7) is 2.49. The Balaban J connectivity index is 1.85. The number of aliphatic hydroxyl groups excluding tert-OH is 1. The fourth-order valence-electron chi connectivity index (χ4n) is 2.50. The topological polar surface area (TPSA) is 75.3 Å². The van der Waals surface area contributed by atoms with Gasteiger partial charge in [-0.15, -0.1) is 0 Å². The van der Waals surface area contributed by atoms with Crippen molar-refractivity contribution in [1.82, 2.24) is 5.32 Å². The number of rotatable bonds is 8. The molecule has 4 N–H and O–H groups in total. The SMILES string of the molecule is CC(CCc1ccccc1)NCC(O)c1ccc(Cl)c(C(N)=O)c1. The van der Waals surface area contributed by atoms with Gasteiger partial charge in [-0.25, -0.2) is 0 Å². The van der Waals surface area contributed by atoms with Gasteiger partial charge in [-0.1, -0.05) is 48.0 Å². The molecule has 0 bridgehead atoms. The number of hydrogen-bond acceptors (Lipinski definition) is 3. The predicted octanol–water partition coefficient (Wildman–Crippen LogP) is 3.08. The lowest BCUT2D eigenvalue weighted by atomic mass is 10.0. The normalized spacial score (nSPS) is 13.5. The number of amides is 1. The smallest absolute Gasteiger partial charge is 0.250 e. The standard InChI is InChI=1S/C19H23ClN2O2/c1-13(7-8-14-5-3-2-4-6-14)22-12-18(23)15-9-10-17(20)16(11-15)19(21)24/h2-6,9-11,13,18,22-23H,7-8,12H2,1H3,(H2,21,24). The van der Waals surface area contributed by atoms with Gasteiger partial charge in [0.05, 0.1) is 16.7 Å². The molecule has 0 aromatic heterocycles. The van der Waals surface area contributed by atoms with Gasteiger partial charge in [-0.05, 0) is 43.0 Å². The number of primary amides is 1. The number of halogens is 1. The Labute approximate surface area is 147 Å². The summed E-state index contributed by atoms with van der Waals surface area (Å²) in [4.78, 5) is 11.3. The van der Waals surface area contributed by atoms with Crippen molar-refractivity contribution in [2.45, 2.75) is 31.9 Å². The molecule has 4 nitrogen and oxygen atoms in total. The molecule has 0 heterocycles. The Morgan fingerprint density at radius 3 is 2.62 bits per heavy atom. The van der Waals surface area contributed by atoms with E-state index in [0.29, 0.717) is 17.1 Å². The van der Waals surface area contributed by atoms with Gasteiger partial charge in [0, 0.05) is 12.6 Å². The van der Waals surface area contributed by atoms with Crippen LogP contribution in [0.4, 0.5) is 0 Å². The second-order valence-corrected chi connectivity index (χ2v) is 6.36. The molecule has 128 valence electrons. The molecule has 0 aliphatic rings. The van der Waals surface area contributed by atoms with Crippen molar-refractivity contribution >= 4 is 17.5 Å². The third-order valence-electron chi connectivity index (χ3n) is 4.01.